The standard InChI is InChI=1S/C17H17N3O.C2H2O4/c1-13-6-8-14(9-7-13)17(21)18-10-11-20-12-19-15-4-2-3-5-16(15)20;3-1(4)2(5)6/h2-9,12H,10-11H2,1H3,(H,18,21);(H,3,4)(H,5,6). The third-order valence-corrected chi connectivity index (χ3v) is 3.66. The Kier molecular flexibility index (Phi) is 6.65. The number of hydrogen-bond acceptors (Lipinski definition) is 4. The van der Waals surface area contributed by atoms with Crippen molar-refractivity contribution in [1.82, 2.24) is 14.9 Å². The number of nitrogens with zero attached hydrogens (tertiary/aromatic N) is 2. The maximum Gasteiger partial charge on any atom is 0.414 e. The highest BCUT2D eigenvalue weighted by Gasteiger charge is 2.05. The zero-order valence-electron chi connectivity index (χ0n) is 14.6. The molecule has 27 heavy (non-hydrogen) atoms. The highest BCUT2D eigenvalue weighted by Crippen LogP contribution is 2.11. The van der Waals surface area contributed by atoms with Crippen LogP contribution in [0, 0.1) is 6.92 Å². The molecule has 3 rings (SSSR count). The SMILES string of the molecule is Cc1ccc(C(=O)NCCn2cnc3ccccc32)cc1.O=C(O)C(=O)O. The molecule has 3 aromatic rings. The van der Waals surface area contributed by atoms with Crippen LogP contribution >= 0.6 is 0 Å². The summed E-state index contributed by atoms with van der Waals surface area (Å²) in [7, 11) is 0. The summed E-state index contributed by atoms with van der Waals surface area (Å²) < 4.78 is 2.05. The van der Waals surface area contributed by atoms with Gasteiger partial charge in [0.2, 0.25) is 0 Å². The van der Waals surface area contributed by atoms with Crippen molar-refractivity contribution in [2.45, 2.75) is 13.5 Å². The van der Waals surface area contributed by atoms with E-state index in [2.05, 4.69) is 10.3 Å². The fourth-order valence-corrected chi connectivity index (χ4v) is 2.29. The summed E-state index contributed by atoms with van der Waals surface area (Å²) in [5.41, 5.74) is 3.90. The van der Waals surface area contributed by atoms with Crippen molar-refractivity contribution in [2.75, 3.05) is 6.54 Å². The molecule has 0 aliphatic heterocycles. The number of benzene rings is 2. The third kappa shape index (κ3) is 5.67. The number of aliphatic carboxylic acids is 2. The van der Waals surface area contributed by atoms with Gasteiger partial charge < -0.3 is 20.1 Å². The molecule has 1 amide bonds. The number of amides is 1. The first-order valence-electron chi connectivity index (χ1n) is 8.09. The second-order valence-electron chi connectivity index (χ2n) is 5.66. The largest absolute Gasteiger partial charge is 0.473 e. The maximum atomic E-state index is 12.0. The number of carboxylic acid groups (broad SMARTS) is 2. The Bertz CT molecular complexity index is 935. The molecule has 1 aromatic heterocycles. The molecular weight excluding hydrogens is 350 g/mol. The average Bonchev–Trinajstić information content (AvgIpc) is 3.06. The van der Waals surface area contributed by atoms with Crippen LogP contribution in [-0.4, -0.2) is 44.2 Å². The summed E-state index contributed by atoms with van der Waals surface area (Å²) in [6.07, 6.45) is 1.81. The Hall–Kier alpha value is -3.68. The predicted octanol–water partition coefficient (Wildman–Crippen LogP) is 1.93. The summed E-state index contributed by atoms with van der Waals surface area (Å²) in [6.45, 7) is 3.29. The first-order chi connectivity index (χ1) is 12.9. The number of fused-ring (bicyclic) bond motifs is 1. The summed E-state index contributed by atoms with van der Waals surface area (Å²) >= 11 is 0. The molecule has 8 nitrogen and oxygen atoms in total. The smallest absolute Gasteiger partial charge is 0.414 e. The molecule has 0 bridgehead atoms. The van der Waals surface area contributed by atoms with Gasteiger partial charge in [0.1, 0.15) is 0 Å². The molecule has 0 atom stereocenters. The number of carbonyl (C=O) groups is 3. The molecule has 0 aliphatic carbocycles. The molecule has 1 heterocycles. The average molecular weight is 369 g/mol. The van der Waals surface area contributed by atoms with Crippen molar-refractivity contribution in [3.63, 3.8) is 0 Å². The molecule has 0 unspecified atom stereocenters. The van der Waals surface area contributed by atoms with Crippen molar-refractivity contribution in [3.05, 3.63) is 66.0 Å². The van der Waals surface area contributed by atoms with Gasteiger partial charge in [0.15, 0.2) is 0 Å². The first kappa shape index (κ1) is 19.6. The summed E-state index contributed by atoms with van der Waals surface area (Å²) in [5.74, 6) is -3.69. The van der Waals surface area contributed by atoms with Crippen molar-refractivity contribution in [3.8, 4) is 0 Å². The summed E-state index contributed by atoms with van der Waals surface area (Å²) in [5, 5.41) is 17.7. The van der Waals surface area contributed by atoms with Crippen LogP contribution in [0.15, 0.2) is 54.9 Å². The van der Waals surface area contributed by atoms with Gasteiger partial charge in [-0.05, 0) is 31.2 Å². The van der Waals surface area contributed by atoms with E-state index in [-0.39, 0.29) is 5.91 Å². The van der Waals surface area contributed by atoms with Crippen LogP contribution in [0.4, 0.5) is 0 Å². The van der Waals surface area contributed by atoms with Gasteiger partial charge in [-0.3, -0.25) is 4.79 Å². The lowest BCUT2D eigenvalue weighted by molar-refractivity contribution is -0.159. The van der Waals surface area contributed by atoms with Gasteiger partial charge in [-0.1, -0.05) is 29.8 Å². The number of imidazole rings is 1. The molecule has 0 fully saturated rings. The van der Waals surface area contributed by atoms with Crippen LogP contribution in [0.2, 0.25) is 0 Å². The fourth-order valence-electron chi connectivity index (χ4n) is 2.29. The molecule has 0 saturated heterocycles. The second kappa shape index (κ2) is 9.14. The molecule has 8 heteroatoms. The van der Waals surface area contributed by atoms with E-state index in [0.717, 1.165) is 16.6 Å². The van der Waals surface area contributed by atoms with Gasteiger partial charge in [0, 0.05) is 18.7 Å². The Balaban J connectivity index is 0.000000380. The van der Waals surface area contributed by atoms with Crippen molar-refractivity contribution in [2.24, 2.45) is 0 Å². The van der Waals surface area contributed by atoms with Gasteiger partial charge >= 0.3 is 11.9 Å². The second-order valence-corrected chi connectivity index (χ2v) is 5.66. The number of rotatable bonds is 4. The zero-order chi connectivity index (χ0) is 19.8. The Morgan fingerprint density at radius 3 is 2.26 bits per heavy atom. The van der Waals surface area contributed by atoms with Crippen molar-refractivity contribution >= 4 is 28.9 Å². The lowest BCUT2D eigenvalue weighted by Crippen LogP contribution is -2.27. The van der Waals surface area contributed by atoms with Crippen molar-refractivity contribution in [1.29, 1.82) is 0 Å². The van der Waals surface area contributed by atoms with Gasteiger partial charge in [-0.15, -0.1) is 0 Å². The topological polar surface area (TPSA) is 122 Å². The number of para-hydroxylation sites is 2. The molecule has 0 spiro atoms. The third-order valence-electron chi connectivity index (χ3n) is 3.66. The van der Waals surface area contributed by atoms with E-state index in [1.54, 1.807) is 0 Å². The van der Waals surface area contributed by atoms with E-state index in [4.69, 9.17) is 19.8 Å². The Morgan fingerprint density at radius 1 is 1.00 bits per heavy atom. The van der Waals surface area contributed by atoms with Crippen LogP contribution < -0.4 is 5.32 Å². The first-order valence-corrected chi connectivity index (χ1v) is 8.09. The minimum atomic E-state index is -1.82. The van der Waals surface area contributed by atoms with Gasteiger partial charge in [0.05, 0.1) is 17.4 Å². The maximum absolute atomic E-state index is 12.0. The van der Waals surface area contributed by atoms with Crippen LogP contribution in [0.3, 0.4) is 0 Å². The van der Waals surface area contributed by atoms with Crippen LogP contribution in [0.5, 0.6) is 0 Å². The zero-order valence-corrected chi connectivity index (χ0v) is 14.6. The number of aromatic nitrogens is 2. The van der Waals surface area contributed by atoms with E-state index in [0.29, 0.717) is 18.7 Å². The Labute approximate surface area is 155 Å². The van der Waals surface area contributed by atoms with E-state index in [1.165, 1.54) is 0 Å². The van der Waals surface area contributed by atoms with Crippen LogP contribution in [-0.2, 0) is 16.1 Å². The monoisotopic (exact) mass is 369 g/mol. The van der Waals surface area contributed by atoms with Gasteiger partial charge in [-0.25, -0.2) is 14.6 Å². The highest BCUT2D eigenvalue weighted by atomic mass is 16.4. The fraction of sp³-hybridized carbons (Fsp3) is 0.158. The van der Waals surface area contributed by atoms with Crippen LogP contribution in [0.25, 0.3) is 11.0 Å². The molecule has 140 valence electrons. The minimum absolute atomic E-state index is 0.0422. The molecule has 0 aliphatic rings. The molecule has 3 N–H and O–H groups in total. The van der Waals surface area contributed by atoms with Crippen molar-refractivity contribution < 1.29 is 24.6 Å². The number of hydrogen-bond donors (Lipinski definition) is 3. The van der Waals surface area contributed by atoms with Gasteiger partial charge in [0.25, 0.3) is 5.91 Å². The molecule has 2 aromatic carbocycles. The highest BCUT2D eigenvalue weighted by molar-refractivity contribution is 6.27. The summed E-state index contributed by atoms with van der Waals surface area (Å²) in [4.78, 5) is 34.5. The number of carbonyl (C=O) groups excluding carboxylic acids is 1. The molecule has 0 saturated carbocycles. The Morgan fingerprint density at radius 2 is 1.63 bits per heavy atom. The number of nitrogens with one attached hydrogen (secondary N) is 1. The normalized spacial score (nSPS) is 9.96. The lowest BCUT2D eigenvalue weighted by Gasteiger charge is -2.07. The van der Waals surface area contributed by atoms with E-state index in [1.807, 2.05) is 66.3 Å². The van der Waals surface area contributed by atoms with Gasteiger partial charge in [-0.2, -0.15) is 0 Å². The van der Waals surface area contributed by atoms with Crippen LogP contribution in [0.1, 0.15) is 15.9 Å². The predicted molar refractivity (Wildman–Crippen MR) is 98.5 cm³/mol. The number of aryl methyl sites for hydroxylation is 1. The van der Waals surface area contributed by atoms with E-state index in [9.17, 15) is 4.79 Å². The quantitative estimate of drug-likeness (QED) is 0.604. The van der Waals surface area contributed by atoms with E-state index < -0.39 is 11.9 Å². The molecular formula is C19H19N3O5. The number of carboxylic acids is 2. The minimum Gasteiger partial charge on any atom is -0.473 e. The summed E-state index contributed by atoms with van der Waals surface area (Å²) in [6, 6.07) is 15.6. The molecule has 0 radical (unpaired) electrons. The lowest BCUT2D eigenvalue weighted by atomic mass is 10.1. The van der Waals surface area contributed by atoms with E-state index >= 15 is 0 Å².